The molecule has 0 aliphatic rings. The van der Waals surface area contributed by atoms with Gasteiger partial charge in [0.25, 0.3) is 0 Å². The van der Waals surface area contributed by atoms with E-state index in [0.717, 1.165) is 37.5 Å². The highest BCUT2D eigenvalue weighted by molar-refractivity contribution is 6.17. The summed E-state index contributed by atoms with van der Waals surface area (Å²) < 4.78 is 1.95. The first-order valence-corrected chi connectivity index (χ1v) is 7.74. The number of nitrogens with one attached hydrogen (secondary N) is 1. The van der Waals surface area contributed by atoms with Crippen LogP contribution in [0.25, 0.3) is 10.9 Å². The molecule has 2 rings (SSSR count). The highest BCUT2D eigenvalue weighted by atomic mass is 35.5. The second-order valence-corrected chi connectivity index (χ2v) is 6.53. The van der Waals surface area contributed by atoms with Gasteiger partial charge in [0.15, 0.2) is 0 Å². The number of hydrogen-bond acceptors (Lipinski definition) is 2. The quantitative estimate of drug-likeness (QED) is 0.789. The summed E-state index contributed by atoms with van der Waals surface area (Å²) >= 11 is 5.77. The Bertz CT molecular complexity index is 560. The fourth-order valence-electron chi connectivity index (χ4n) is 2.57. The number of rotatable bonds is 7. The van der Waals surface area contributed by atoms with Crippen LogP contribution in [-0.2, 0) is 13.6 Å². The van der Waals surface area contributed by atoms with E-state index in [0.29, 0.717) is 0 Å². The predicted molar refractivity (Wildman–Crippen MR) is 86.2 cm³/mol. The summed E-state index contributed by atoms with van der Waals surface area (Å²) in [5.41, 5.74) is 2.58. The number of fused-ring (bicyclic) bond motifs is 1. The van der Waals surface area contributed by atoms with Gasteiger partial charge >= 0.3 is 0 Å². The Kier molecular flexibility index (Phi) is 5.06. The lowest BCUT2D eigenvalue weighted by Crippen LogP contribution is -2.29. The van der Waals surface area contributed by atoms with Crippen LogP contribution in [0.2, 0.25) is 0 Å². The highest BCUT2D eigenvalue weighted by Gasteiger charge is 2.17. The van der Waals surface area contributed by atoms with Gasteiger partial charge in [-0.3, -0.25) is 4.68 Å². The van der Waals surface area contributed by atoms with Gasteiger partial charge in [0.1, 0.15) is 0 Å². The van der Waals surface area contributed by atoms with E-state index in [1.165, 1.54) is 10.9 Å². The lowest BCUT2D eigenvalue weighted by molar-refractivity contribution is 0.310. The summed E-state index contributed by atoms with van der Waals surface area (Å²) in [5, 5.41) is 9.38. The number of alkyl halides is 1. The Hall–Kier alpha value is -1.06. The molecule has 0 unspecified atom stereocenters. The number of para-hydroxylation sites is 1. The Morgan fingerprint density at radius 3 is 2.80 bits per heavy atom. The predicted octanol–water partition coefficient (Wildman–Crippen LogP) is 3.71. The largest absolute Gasteiger partial charge is 0.311 e. The van der Waals surface area contributed by atoms with Crippen molar-refractivity contribution in [2.24, 2.45) is 12.5 Å². The first kappa shape index (κ1) is 15.3. The molecule has 1 aromatic heterocycles. The number of halogens is 1. The Labute approximate surface area is 126 Å². The molecule has 0 fully saturated rings. The molecular weight excluding hydrogens is 270 g/mol. The molecule has 3 nitrogen and oxygen atoms in total. The topological polar surface area (TPSA) is 29.9 Å². The minimum atomic E-state index is 0.277. The summed E-state index contributed by atoms with van der Waals surface area (Å²) in [4.78, 5) is 0. The molecule has 0 aliphatic heterocycles. The molecule has 0 bridgehead atoms. The van der Waals surface area contributed by atoms with Gasteiger partial charge in [-0.25, -0.2) is 0 Å². The van der Waals surface area contributed by atoms with Crippen LogP contribution < -0.4 is 5.32 Å². The van der Waals surface area contributed by atoms with Gasteiger partial charge in [0.2, 0.25) is 0 Å². The molecule has 0 saturated carbocycles. The molecule has 0 aliphatic carbocycles. The van der Waals surface area contributed by atoms with Crippen molar-refractivity contribution >= 4 is 22.5 Å². The van der Waals surface area contributed by atoms with Crippen molar-refractivity contribution in [2.75, 3.05) is 12.4 Å². The Morgan fingerprint density at radius 1 is 1.30 bits per heavy atom. The number of benzene rings is 1. The zero-order valence-corrected chi connectivity index (χ0v) is 13.4. The smallest absolute Gasteiger partial charge is 0.0841 e. The van der Waals surface area contributed by atoms with Crippen LogP contribution in [0.5, 0.6) is 0 Å². The van der Waals surface area contributed by atoms with Crippen molar-refractivity contribution in [2.45, 2.75) is 33.2 Å². The van der Waals surface area contributed by atoms with E-state index in [-0.39, 0.29) is 5.41 Å². The zero-order valence-electron chi connectivity index (χ0n) is 12.6. The Morgan fingerprint density at radius 2 is 2.05 bits per heavy atom. The average molecular weight is 294 g/mol. The second-order valence-electron chi connectivity index (χ2n) is 6.15. The van der Waals surface area contributed by atoms with E-state index in [2.05, 4.69) is 48.5 Å². The normalized spacial score (nSPS) is 12.2. The fourth-order valence-corrected chi connectivity index (χ4v) is 2.71. The van der Waals surface area contributed by atoms with Crippen LogP contribution in [0.3, 0.4) is 0 Å². The highest BCUT2D eigenvalue weighted by Crippen LogP contribution is 2.22. The first-order valence-electron chi connectivity index (χ1n) is 7.21. The van der Waals surface area contributed by atoms with E-state index in [1.54, 1.807) is 0 Å². The summed E-state index contributed by atoms with van der Waals surface area (Å²) in [6.45, 7) is 6.35. The molecule has 4 heteroatoms. The monoisotopic (exact) mass is 293 g/mol. The van der Waals surface area contributed by atoms with Crippen LogP contribution >= 0.6 is 11.6 Å². The molecule has 20 heavy (non-hydrogen) atoms. The molecule has 0 spiro atoms. The van der Waals surface area contributed by atoms with Crippen LogP contribution in [0, 0.1) is 5.41 Å². The molecule has 0 radical (unpaired) electrons. The van der Waals surface area contributed by atoms with Crippen molar-refractivity contribution in [3.8, 4) is 0 Å². The molecule has 2 aromatic rings. The maximum absolute atomic E-state index is 5.77. The van der Waals surface area contributed by atoms with Crippen molar-refractivity contribution in [3.63, 3.8) is 0 Å². The molecule has 1 heterocycles. The number of aromatic nitrogens is 2. The van der Waals surface area contributed by atoms with Gasteiger partial charge in [0.05, 0.1) is 11.2 Å². The van der Waals surface area contributed by atoms with Gasteiger partial charge < -0.3 is 5.32 Å². The molecule has 0 amide bonds. The van der Waals surface area contributed by atoms with Crippen LogP contribution in [0.1, 0.15) is 32.4 Å². The molecule has 1 N–H and O–H groups in total. The minimum Gasteiger partial charge on any atom is -0.311 e. The molecule has 0 atom stereocenters. The standard InChI is InChI=1S/C16H24ClN3/c1-16(2,9-6-10-17)12-18-11-14-13-7-4-5-8-15(13)20(3)19-14/h4-5,7-8,18H,6,9-12H2,1-3H3. The number of hydrogen-bond donors (Lipinski definition) is 1. The molecule has 0 saturated heterocycles. The number of nitrogens with zero attached hydrogens (tertiary/aromatic N) is 2. The van der Waals surface area contributed by atoms with Gasteiger partial charge in [-0.1, -0.05) is 32.0 Å². The molecular formula is C16H24ClN3. The summed E-state index contributed by atoms with van der Waals surface area (Å²) in [6.07, 6.45) is 2.22. The molecule has 110 valence electrons. The van der Waals surface area contributed by atoms with E-state index < -0.39 is 0 Å². The lowest BCUT2D eigenvalue weighted by atomic mass is 9.88. The zero-order chi connectivity index (χ0) is 14.6. The summed E-state index contributed by atoms with van der Waals surface area (Å²) in [7, 11) is 2.00. The summed E-state index contributed by atoms with van der Waals surface area (Å²) in [6, 6.07) is 8.36. The van der Waals surface area contributed by atoms with Gasteiger partial charge in [-0.15, -0.1) is 11.6 Å². The van der Waals surface area contributed by atoms with Crippen molar-refractivity contribution in [1.82, 2.24) is 15.1 Å². The van der Waals surface area contributed by atoms with Crippen LogP contribution in [-0.4, -0.2) is 22.2 Å². The van der Waals surface area contributed by atoms with E-state index in [1.807, 2.05) is 11.7 Å². The second kappa shape index (κ2) is 6.59. The first-order chi connectivity index (χ1) is 9.53. The maximum atomic E-state index is 5.77. The summed E-state index contributed by atoms with van der Waals surface area (Å²) in [5.74, 6) is 0.744. The molecule has 1 aromatic carbocycles. The maximum Gasteiger partial charge on any atom is 0.0841 e. The van der Waals surface area contributed by atoms with E-state index in [9.17, 15) is 0 Å². The third kappa shape index (κ3) is 3.74. The Balaban J connectivity index is 1.96. The van der Waals surface area contributed by atoms with Crippen LogP contribution in [0.4, 0.5) is 0 Å². The van der Waals surface area contributed by atoms with Gasteiger partial charge in [0, 0.05) is 31.4 Å². The van der Waals surface area contributed by atoms with E-state index in [4.69, 9.17) is 11.6 Å². The van der Waals surface area contributed by atoms with Crippen LogP contribution in [0.15, 0.2) is 24.3 Å². The fraction of sp³-hybridized carbons (Fsp3) is 0.562. The number of aryl methyl sites for hydroxylation is 1. The minimum absolute atomic E-state index is 0.277. The lowest BCUT2D eigenvalue weighted by Gasteiger charge is -2.24. The third-order valence-corrected chi connectivity index (χ3v) is 3.98. The van der Waals surface area contributed by atoms with Crippen molar-refractivity contribution in [1.29, 1.82) is 0 Å². The van der Waals surface area contributed by atoms with Crippen molar-refractivity contribution < 1.29 is 0 Å². The average Bonchev–Trinajstić information content (AvgIpc) is 2.74. The SMILES string of the molecule is Cn1nc(CNCC(C)(C)CCCCl)c2ccccc21. The third-order valence-electron chi connectivity index (χ3n) is 3.72. The van der Waals surface area contributed by atoms with Crippen molar-refractivity contribution in [3.05, 3.63) is 30.0 Å². The van der Waals surface area contributed by atoms with E-state index >= 15 is 0 Å². The van der Waals surface area contributed by atoms with Gasteiger partial charge in [-0.05, 0) is 24.3 Å². The van der Waals surface area contributed by atoms with Gasteiger partial charge in [-0.2, -0.15) is 5.10 Å².